The third-order valence-corrected chi connectivity index (χ3v) is 4.66. The van der Waals surface area contributed by atoms with Gasteiger partial charge in [0.05, 0.1) is 0 Å². The Balaban J connectivity index is 1.89. The number of benzene rings is 1. The van der Waals surface area contributed by atoms with Crippen LogP contribution in [-0.4, -0.2) is 19.6 Å². The first-order valence-electron chi connectivity index (χ1n) is 8.11. The second-order valence-electron chi connectivity index (χ2n) is 6.77. The Morgan fingerprint density at radius 2 is 1.85 bits per heavy atom. The summed E-state index contributed by atoms with van der Waals surface area (Å²) in [6.45, 7) is 12.6. The van der Waals surface area contributed by atoms with Crippen molar-refractivity contribution in [1.82, 2.24) is 10.6 Å². The number of hydrogen-bond donors (Lipinski definition) is 2. The van der Waals surface area contributed by atoms with Crippen LogP contribution in [0, 0.1) is 17.8 Å². The quantitative estimate of drug-likeness (QED) is 0.831. The van der Waals surface area contributed by atoms with Gasteiger partial charge in [-0.2, -0.15) is 0 Å². The van der Waals surface area contributed by atoms with Crippen LogP contribution in [0.3, 0.4) is 0 Å². The summed E-state index contributed by atoms with van der Waals surface area (Å²) in [5.41, 5.74) is 3.00. The topological polar surface area (TPSA) is 24.1 Å². The van der Waals surface area contributed by atoms with Crippen LogP contribution < -0.4 is 10.6 Å². The maximum Gasteiger partial charge on any atom is 0.0449 e. The lowest BCUT2D eigenvalue weighted by atomic mass is 9.85. The first kappa shape index (κ1) is 15.5. The minimum atomic E-state index is 0.472. The highest BCUT2D eigenvalue weighted by atomic mass is 15.0. The Morgan fingerprint density at radius 1 is 1.15 bits per heavy atom. The maximum atomic E-state index is 3.70. The van der Waals surface area contributed by atoms with Crippen LogP contribution in [-0.2, 0) is 6.42 Å². The molecule has 1 heterocycles. The predicted octanol–water partition coefficient (Wildman–Crippen LogP) is 3.39. The molecule has 2 heteroatoms. The van der Waals surface area contributed by atoms with E-state index >= 15 is 0 Å². The number of fused-ring (bicyclic) bond motifs is 1. The third kappa shape index (κ3) is 3.83. The molecule has 2 nitrogen and oxygen atoms in total. The van der Waals surface area contributed by atoms with Crippen molar-refractivity contribution in [3.05, 3.63) is 35.4 Å². The Kier molecular flexibility index (Phi) is 5.62. The summed E-state index contributed by atoms with van der Waals surface area (Å²) in [5, 5.41) is 7.34. The van der Waals surface area contributed by atoms with E-state index in [9.17, 15) is 0 Å². The molecule has 1 aliphatic rings. The van der Waals surface area contributed by atoms with Crippen molar-refractivity contribution in [2.45, 2.75) is 40.2 Å². The molecule has 20 heavy (non-hydrogen) atoms. The lowest BCUT2D eigenvalue weighted by Crippen LogP contribution is -2.39. The summed E-state index contributed by atoms with van der Waals surface area (Å²) in [6.07, 6.45) is 1.16. The first-order valence-corrected chi connectivity index (χ1v) is 8.11. The molecule has 0 fully saturated rings. The van der Waals surface area contributed by atoms with Crippen molar-refractivity contribution < 1.29 is 0 Å². The minimum absolute atomic E-state index is 0.472. The van der Waals surface area contributed by atoms with Crippen molar-refractivity contribution in [2.75, 3.05) is 19.6 Å². The van der Waals surface area contributed by atoms with E-state index in [2.05, 4.69) is 62.6 Å². The van der Waals surface area contributed by atoms with Crippen molar-refractivity contribution in [2.24, 2.45) is 17.8 Å². The zero-order chi connectivity index (χ0) is 14.5. The molecule has 0 saturated carbocycles. The van der Waals surface area contributed by atoms with Gasteiger partial charge in [-0.3, -0.25) is 0 Å². The molecule has 2 rings (SSSR count). The lowest BCUT2D eigenvalue weighted by molar-refractivity contribution is 0.271. The Bertz CT molecular complexity index is 404. The molecule has 0 amide bonds. The molecule has 1 aromatic carbocycles. The van der Waals surface area contributed by atoms with E-state index in [4.69, 9.17) is 0 Å². The fourth-order valence-corrected chi connectivity index (χ4v) is 3.41. The molecule has 112 valence electrons. The monoisotopic (exact) mass is 274 g/mol. The largest absolute Gasteiger partial charge is 0.315 e. The van der Waals surface area contributed by atoms with E-state index in [-0.39, 0.29) is 0 Å². The van der Waals surface area contributed by atoms with Crippen LogP contribution in [0.2, 0.25) is 0 Å². The number of rotatable bonds is 6. The van der Waals surface area contributed by atoms with Gasteiger partial charge in [-0.15, -0.1) is 0 Å². The average Bonchev–Trinajstić information content (AvgIpc) is 2.42. The molecule has 1 atom stereocenters. The van der Waals surface area contributed by atoms with Gasteiger partial charge in [-0.1, -0.05) is 52.0 Å². The molecule has 0 aliphatic carbocycles. The van der Waals surface area contributed by atoms with Crippen molar-refractivity contribution in [3.63, 3.8) is 0 Å². The fourth-order valence-electron chi connectivity index (χ4n) is 3.41. The van der Waals surface area contributed by atoms with Crippen LogP contribution in [0.15, 0.2) is 24.3 Å². The lowest BCUT2D eigenvalue weighted by Gasteiger charge is -2.29. The van der Waals surface area contributed by atoms with Crippen molar-refractivity contribution in [3.8, 4) is 0 Å². The van der Waals surface area contributed by atoms with Crippen LogP contribution in [0.4, 0.5) is 0 Å². The molecule has 2 N–H and O–H groups in total. The standard InChI is InChI=1S/C18H30N2/c1-13(2)17(14(3)4)11-19-12-18-16-8-6-5-7-15(16)9-10-20-18/h5-8,13-14,17-20H,9-12H2,1-4H3. The average molecular weight is 274 g/mol. The van der Waals surface area contributed by atoms with Gasteiger partial charge >= 0.3 is 0 Å². The first-order chi connectivity index (χ1) is 9.59. The van der Waals surface area contributed by atoms with Crippen molar-refractivity contribution >= 4 is 0 Å². The number of nitrogens with one attached hydrogen (secondary N) is 2. The summed E-state index contributed by atoms with van der Waals surface area (Å²) in [6, 6.07) is 9.33. The predicted molar refractivity (Wildman–Crippen MR) is 86.9 cm³/mol. The van der Waals surface area contributed by atoms with Crippen LogP contribution in [0.25, 0.3) is 0 Å². The molecule has 0 radical (unpaired) electrons. The second-order valence-corrected chi connectivity index (χ2v) is 6.77. The SMILES string of the molecule is CC(C)C(CNCC1NCCc2ccccc21)C(C)C. The Labute approximate surface area is 124 Å². The molecule has 0 aromatic heterocycles. The summed E-state index contributed by atoms with van der Waals surface area (Å²) in [7, 11) is 0. The van der Waals surface area contributed by atoms with Gasteiger partial charge in [0, 0.05) is 12.6 Å². The fraction of sp³-hybridized carbons (Fsp3) is 0.667. The van der Waals surface area contributed by atoms with E-state index < -0.39 is 0 Å². The summed E-state index contributed by atoms with van der Waals surface area (Å²) < 4.78 is 0. The van der Waals surface area contributed by atoms with E-state index in [1.54, 1.807) is 0 Å². The number of hydrogen-bond acceptors (Lipinski definition) is 2. The molecule has 1 unspecified atom stereocenters. The Hall–Kier alpha value is -0.860. The van der Waals surface area contributed by atoms with Crippen LogP contribution >= 0.6 is 0 Å². The normalized spacial score (nSPS) is 18.9. The van der Waals surface area contributed by atoms with Gasteiger partial charge in [0.15, 0.2) is 0 Å². The van der Waals surface area contributed by atoms with Gasteiger partial charge in [-0.25, -0.2) is 0 Å². The van der Waals surface area contributed by atoms with Gasteiger partial charge in [0.2, 0.25) is 0 Å². The highest BCUT2D eigenvalue weighted by Gasteiger charge is 2.21. The highest BCUT2D eigenvalue weighted by molar-refractivity contribution is 5.32. The molecular formula is C18H30N2. The second kappa shape index (κ2) is 7.24. The molecule has 1 aliphatic heterocycles. The molecule has 1 aromatic rings. The van der Waals surface area contributed by atoms with Gasteiger partial charge < -0.3 is 10.6 Å². The highest BCUT2D eigenvalue weighted by Crippen LogP contribution is 2.23. The molecular weight excluding hydrogens is 244 g/mol. The molecule has 0 saturated heterocycles. The van der Waals surface area contributed by atoms with Crippen LogP contribution in [0.5, 0.6) is 0 Å². The minimum Gasteiger partial charge on any atom is -0.315 e. The third-order valence-electron chi connectivity index (χ3n) is 4.66. The van der Waals surface area contributed by atoms with E-state index in [0.29, 0.717) is 6.04 Å². The van der Waals surface area contributed by atoms with E-state index in [0.717, 1.165) is 43.8 Å². The maximum absolute atomic E-state index is 3.70. The van der Waals surface area contributed by atoms with E-state index in [1.165, 1.54) is 11.1 Å². The smallest absolute Gasteiger partial charge is 0.0449 e. The van der Waals surface area contributed by atoms with Crippen molar-refractivity contribution in [1.29, 1.82) is 0 Å². The van der Waals surface area contributed by atoms with Crippen LogP contribution in [0.1, 0.15) is 44.9 Å². The summed E-state index contributed by atoms with van der Waals surface area (Å²) in [5.74, 6) is 2.25. The molecule has 0 bridgehead atoms. The van der Waals surface area contributed by atoms with Gasteiger partial charge in [-0.05, 0) is 48.4 Å². The van der Waals surface area contributed by atoms with E-state index in [1.807, 2.05) is 0 Å². The summed E-state index contributed by atoms with van der Waals surface area (Å²) >= 11 is 0. The Morgan fingerprint density at radius 3 is 2.55 bits per heavy atom. The zero-order valence-corrected chi connectivity index (χ0v) is 13.4. The van der Waals surface area contributed by atoms with Gasteiger partial charge in [0.25, 0.3) is 0 Å². The molecule has 0 spiro atoms. The summed E-state index contributed by atoms with van der Waals surface area (Å²) in [4.78, 5) is 0. The van der Waals surface area contributed by atoms with Gasteiger partial charge in [0.1, 0.15) is 0 Å². The zero-order valence-electron chi connectivity index (χ0n) is 13.4.